The number of aromatic nitrogens is 2. The molecule has 0 atom stereocenters. The van der Waals surface area contributed by atoms with Gasteiger partial charge in [-0.25, -0.2) is 4.39 Å². The molecule has 4 aromatic rings. The fourth-order valence-electron chi connectivity index (χ4n) is 4.06. The minimum absolute atomic E-state index is 0.0478. The molecule has 0 aliphatic heterocycles. The van der Waals surface area contributed by atoms with Gasteiger partial charge in [-0.2, -0.15) is 4.98 Å². The third kappa shape index (κ3) is 5.79. The maximum atomic E-state index is 13.6. The largest absolute Gasteiger partial charge is 0.480 e. The Labute approximate surface area is 202 Å². The molecule has 0 radical (unpaired) electrons. The summed E-state index contributed by atoms with van der Waals surface area (Å²) >= 11 is 0. The summed E-state index contributed by atoms with van der Waals surface area (Å²) in [5.74, 6) is -0.338. The van der Waals surface area contributed by atoms with E-state index in [1.807, 2.05) is 49.4 Å². The number of ether oxygens (including phenoxy) is 1. The summed E-state index contributed by atoms with van der Waals surface area (Å²) in [6.07, 6.45) is 0. The fourth-order valence-corrected chi connectivity index (χ4v) is 4.06. The van der Waals surface area contributed by atoms with Crippen LogP contribution in [0.3, 0.4) is 0 Å². The summed E-state index contributed by atoms with van der Waals surface area (Å²) in [6.45, 7) is 2.68. The van der Waals surface area contributed by atoms with Gasteiger partial charge in [-0.15, -0.1) is 0 Å². The van der Waals surface area contributed by atoms with Crippen molar-refractivity contribution in [3.05, 3.63) is 83.2 Å². The quantitative estimate of drug-likeness (QED) is 0.357. The maximum Gasteiger partial charge on any atom is 0.317 e. The van der Waals surface area contributed by atoms with Crippen molar-refractivity contribution in [1.29, 1.82) is 0 Å². The average Bonchev–Trinajstić information content (AvgIpc) is 3.30. The topological polar surface area (TPSA) is 88.7 Å². The van der Waals surface area contributed by atoms with Gasteiger partial charge in [0.2, 0.25) is 5.82 Å². The summed E-state index contributed by atoms with van der Waals surface area (Å²) in [5.41, 5.74) is 6.10. The standard InChI is InChI=1S/C27H26FN3O4/c1-17-11-22(28)8-10-23(17)24-9-7-20(13-21(24)16-34-3)27-29-26(30-35-27)19-6-4-5-18(12-19)14-31(2)15-25(32)33/h4-13H,14-16H2,1-3H3,(H,32,33). The van der Waals surface area contributed by atoms with E-state index in [0.717, 1.165) is 38.9 Å². The van der Waals surface area contributed by atoms with Crippen LogP contribution < -0.4 is 0 Å². The van der Waals surface area contributed by atoms with E-state index in [9.17, 15) is 9.18 Å². The highest BCUT2D eigenvalue weighted by Gasteiger charge is 2.15. The number of methoxy groups -OCH3 is 1. The molecule has 35 heavy (non-hydrogen) atoms. The molecule has 1 N–H and O–H groups in total. The number of aryl methyl sites for hydroxylation is 1. The average molecular weight is 476 g/mol. The Balaban J connectivity index is 1.61. The highest BCUT2D eigenvalue weighted by atomic mass is 19.1. The van der Waals surface area contributed by atoms with E-state index < -0.39 is 5.97 Å². The van der Waals surface area contributed by atoms with E-state index >= 15 is 0 Å². The Hall–Kier alpha value is -3.88. The summed E-state index contributed by atoms with van der Waals surface area (Å²) in [4.78, 5) is 17.2. The molecule has 0 fully saturated rings. The number of aliphatic carboxylic acids is 1. The van der Waals surface area contributed by atoms with Crippen LogP contribution in [0.15, 0.2) is 65.2 Å². The van der Waals surface area contributed by atoms with Crippen molar-refractivity contribution in [1.82, 2.24) is 15.0 Å². The molecule has 180 valence electrons. The highest BCUT2D eigenvalue weighted by molar-refractivity contribution is 5.74. The van der Waals surface area contributed by atoms with Crippen LogP contribution in [0.2, 0.25) is 0 Å². The minimum atomic E-state index is -0.875. The first-order valence-corrected chi connectivity index (χ1v) is 11.1. The van der Waals surface area contributed by atoms with Gasteiger partial charge >= 0.3 is 5.97 Å². The second kappa shape index (κ2) is 10.6. The predicted octanol–water partition coefficient (Wildman–Crippen LogP) is 5.18. The summed E-state index contributed by atoms with van der Waals surface area (Å²) in [7, 11) is 3.38. The van der Waals surface area contributed by atoms with Gasteiger partial charge in [0.1, 0.15) is 5.82 Å². The van der Waals surface area contributed by atoms with E-state index in [4.69, 9.17) is 14.4 Å². The number of hydrogen-bond donors (Lipinski definition) is 1. The van der Waals surface area contributed by atoms with Crippen LogP contribution in [0.5, 0.6) is 0 Å². The monoisotopic (exact) mass is 475 g/mol. The van der Waals surface area contributed by atoms with Crippen molar-refractivity contribution in [2.75, 3.05) is 20.7 Å². The molecule has 0 saturated carbocycles. The van der Waals surface area contributed by atoms with Crippen molar-refractivity contribution in [3.63, 3.8) is 0 Å². The van der Waals surface area contributed by atoms with E-state index in [-0.39, 0.29) is 12.4 Å². The van der Waals surface area contributed by atoms with Crippen LogP contribution in [-0.2, 0) is 22.7 Å². The first-order chi connectivity index (χ1) is 16.8. The number of likely N-dealkylation sites (N-methyl/N-ethyl adjacent to an activating group) is 1. The van der Waals surface area contributed by atoms with E-state index in [1.165, 1.54) is 12.1 Å². The molecular formula is C27H26FN3O4. The van der Waals surface area contributed by atoms with Crippen LogP contribution in [0.25, 0.3) is 34.0 Å². The third-order valence-corrected chi connectivity index (χ3v) is 5.60. The van der Waals surface area contributed by atoms with Gasteiger partial charge in [-0.3, -0.25) is 9.69 Å². The van der Waals surface area contributed by atoms with Gasteiger partial charge < -0.3 is 14.4 Å². The van der Waals surface area contributed by atoms with Gasteiger partial charge in [-0.05, 0) is 72.1 Å². The molecule has 1 heterocycles. The van der Waals surface area contributed by atoms with Crippen LogP contribution in [0.1, 0.15) is 16.7 Å². The van der Waals surface area contributed by atoms with Crippen molar-refractivity contribution >= 4 is 5.97 Å². The summed E-state index contributed by atoms with van der Waals surface area (Å²) < 4.78 is 24.6. The maximum absolute atomic E-state index is 13.6. The van der Waals surface area contributed by atoms with E-state index in [2.05, 4.69) is 10.1 Å². The zero-order valence-electron chi connectivity index (χ0n) is 19.8. The molecule has 7 nitrogen and oxygen atoms in total. The highest BCUT2D eigenvalue weighted by Crippen LogP contribution is 2.32. The van der Waals surface area contributed by atoms with Gasteiger partial charge in [-0.1, -0.05) is 35.5 Å². The molecule has 1 aromatic heterocycles. The Morgan fingerprint density at radius 3 is 2.63 bits per heavy atom. The van der Waals surface area contributed by atoms with Crippen molar-refractivity contribution in [3.8, 4) is 34.0 Å². The van der Waals surface area contributed by atoms with Gasteiger partial charge in [0.05, 0.1) is 13.2 Å². The van der Waals surface area contributed by atoms with E-state index in [1.54, 1.807) is 25.1 Å². The molecule has 3 aromatic carbocycles. The van der Waals surface area contributed by atoms with Crippen LogP contribution in [0, 0.1) is 12.7 Å². The molecule has 0 spiro atoms. The second-order valence-corrected chi connectivity index (χ2v) is 8.45. The number of carboxylic acids is 1. The minimum Gasteiger partial charge on any atom is -0.480 e. The Kier molecular flexibility index (Phi) is 7.33. The first kappa shape index (κ1) is 24.3. The third-order valence-electron chi connectivity index (χ3n) is 5.60. The lowest BCUT2D eigenvalue weighted by atomic mass is 9.94. The Morgan fingerprint density at radius 2 is 1.89 bits per heavy atom. The van der Waals surface area contributed by atoms with Crippen LogP contribution >= 0.6 is 0 Å². The number of rotatable bonds is 9. The zero-order valence-corrected chi connectivity index (χ0v) is 19.8. The van der Waals surface area contributed by atoms with Gasteiger partial charge in [0.25, 0.3) is 5.89 Å². The number of nitrogens with zero attached hydrogens (tertiary/aromatic N) is 3. The molecule has 0 saturated heterocycles. The number of carboxylic acid groups (broad SMARTS) is 1. The van der Waals surface area contributed by atoms with Gasteiger partial charge in [0.15, 0.2) is 0 Å². The molecule has 0 aliphatic carbocycles. The molecule has 0 bridgehead atoms. The van der Waals surface area contributed by atoms with Crippen molar-refractivity contribution in [2.24, 2.45) is 0 Å². The number of benzene rings is 3. The lowest BCUT2D eigenvalue weighted by molar-refractivity contribution is -0.138. The van der Waals surface area contributed by atoms with Crippen LogP contribution in [0.4, 0.5) is 4.39 Å². The Bertz CT molecular complexity index is 1350. The second-order valence-electron chi connectivity index (χ2n) is 8.45. The SMILES string of the molecule is COCc1cc(-c2nc(-c3cccc(CN(C)CC(=O)O)c3)no2)ccc1-c1ccc(F)cc1C. The Morgan fingerprint density at radius 1 is 1.09 bits per heavy atom. The molecule has 0 aliphatic rings. The molecular weight excluding hydrogens is 449 g/mol. The number of carbonyl (C=O) groups is 1. The van der Waals surface area contributed by atoms with Crippen LogP contribution in [-0.4, -0.2) is 46.8 Å². The first-order valence-electron chi connectivity index (χ1n) is 11.1. The lowest BCUT2D eigenvalue weighted by Crippen LogP contribution is -2.25. The number of halogens is 1. The van der Waals surface area contributed by atoms with Crippen molar-refractivity contribution < 1.29 is 23.6 Å². The normalized spacial score (nSPS) is 11.2. The molecule has 4 rings (SSSR count). The van der Waals surface area contributed by atoms with Gasteiger partial charge in [0, 0.05) is 24.8 Å². The number of hydrogen-bond acceptors (Lipinski definition) is 6. The molecule has 8 heteroatoms. The summed E-state index contributed by atoms with van der Waals surface area (Å²) in [6, 6.07) is 18.1. The molecule has 0 amide bonds. The van der Waals surface area contributed by atoms with Crippen molar-refractivity contribution in [2.45, 2.75) is 20.1 Å². The lowest BCUT2D eigenvalue weighted by Gasteiger charge is -2.14. The van der Waals surface area contributed by atoms with E-state index in [0.29, 0.717) is 24.9 Å². The fraction of sp³-hybridized carbons (Fsp3) is 0.222. The smallest absolute Gasteiger partial charge is 0.317 e. The predicted molar refractivity (Wildman–Crippen MR) is 130 cm³/mol. The zero-order chi connectivity index (χ0) is 24.9. The molecule has 0 unspecified atom stereocenters. The summed E-state index contributed by atoms with van der Waals surface area (Å²) in [5, 5.41) is 13.1.